The zero-order chi connectivity index (χ0) is 19.1. The second kappa shape index (κ2) is 6.53. The second-order valence-electron chi connectivity index (χ2n) is 6.79. The molecule has 5 rings (SSSR count). The summed E-state index contributed by atoms with van der Waals surface area (Å²) in [5.74, 6) is 1.55. The number of oxazole rings is 1. The van der Waals surface area contributed by atoms with Crippen molar-refractivity contribution in [2.24, 2.45) is 0 Å². The van der Waals surface area contributed by atoms with Crippen molar-refractivity contribution in [1.29, 1.82) is 0 Å². The number of amides is 1. The van der Waals surface area contributed by atoms with Gasteiger partial charge in [0.1, 0.15) is 17.0 Å². The summed E-state index contributed by atoms with van der Waals surface area (Å²) in [7, 11) is 1.65. The third kappa shape index (κ3) is 2.81. The predicted octanol–water partition coefficient (Wildman–Crippen LogP) is 3.30. The summed E-state index contributed by atoms with van der Waals surface area (Å²) in [6, 6.07) is 15.4. The molecule has 0 bridgehead atoms. The van der Waals surface area contributed by atoms with Crippen LogP contribution in [0.4, 0.5) is 0 Å². The molecular formula is C21H18N4O3. The minimum absolute atomic E-state index is 0.109. The lowest BCUT2D eigenvalue weighted by atomic mass is 9.94. The molecule has 7 nitrogen and oxygen atoms in total. The zero-order valence-electron chi connectivity index (χ0n) is 15.2. The van der Waals surface area contributed by atoms with Crippen molar-refractivity contribution in [3.05, 3.63) is 65.5 Å². The van der Waals surface area contributed by atoms with Gasteiger partial charge >= 0.3 is 0 Å². The molecule has 2 aromatic heterocycles. The van der Waals surface area contributed by atoms with E-state index in [9.17, 15) is 4.79 Å². The van der Waals surface area contributed by atoms with Gasteiger partial charge in [0.05, 0.1) is 7.11 Å². The van der Waals surface area contributed by atoms with Gasteiger partial charge in [-0.3, -0.25) is 4.79 Å². The highest BCUT2D eigenvalue weighted by molar-refractivity contribution is 5.94. The van der Waals surface area contributed by atoms with Crippen LogP contribution in [0.15, 0.2) is 52.9 Å². The normalized spacial score (nSPS) is 16.5. The molecule has 0 unspecified atom stereocenters. The molecule has 0 fully saturated rings. The third-order valence-electron chi connectivity index (χ3n) is 5.02. The molecule has 140 valence electrons. The number of aromatic amines is 1. The molecule has 1 atom stereocenters. The minimum Gasteiger partial charge on any atom is -0.497 e. The Balaban J connectivity index is 1.51. The number of hydrogen-bond donors (Lipinski definition) is 2. The second-order valence-corrected chi connectivity index (χ2v) is 6.79. The van der Waals surface area contributed by atoms with Gasteiger partial charge < -0.3 is 19.5 Å². The summed E-state index contributed by atoms with van der Waals surface area (Å²) < 4.78 is 11.1. The van der Waals surface area contributed by atoms with Crippen LogP contribution in [0.5, 0.6) is 5.75 Å². The largest absolute Gasteiger partial charge is 0.497 e. The Bertz CT molecular complexity index is 1140. The summed E-state index contributed by atoms with van der Waals surface area (Å²) in [5, 5.41) is 2.96. The molecule has 7 heteroatoms. The van der Waals surface area contributed by atoms with Gasteiger partial charge in [0.25, 0.3) is 11.8 Å². The Morgan fingerprint density at radius 2 is 2.04 bits per heavy atom. The number of nitrogens with one attached hydrogen (secondary N) is 2. The SMILES string of the molecule is COc1cccc([C@H]2CNC(=O)c3nc(-c4nc5ccccc5o4)[nH]c3C2)c1. The Morgan fingerprint density at radius 1 is 1.14 bits per heavy atom. The summed E-state index contributed by atoms with van der Waals surface area (Å²) in [5.41, 5.74) is 3.71. The van der Waals surface area contributed by atoms with Gasteiger partial charge in [-0.15, -0.1) is 0 Å². The fourth-order valence-corrected chi connectivity index (χ4v) is 3.57. The average molecular weight is 374 g/mol. The lowest BCUT2D eigenvalue weighted by molar-refractivity contribution is 0.0950. The number of carbonyl (C=O) groups excluding carboxylic acids is 1. The predicted molar refractivity (Wildman–Crippen MR) is 103 cm³/mol. The van der Waals surface area contributed by atoms with E-state index in [2.05, 4.69) is 20.3 Å². The molecule has 1 aliphatic heterocycles. The fraction of sp³-hybridized carbons (Fsp3) is 0.190. The lowest BCUT2D eigenvalue weighted by Gasteiger charge is -2.15. The number of imidazole rings is 1. The maximum atomic E-state index is 12.6. The van der Waals surface area contributed by atoms with Crippen LogP contribution >= 0.6 is 0 Å². The number of hydrogen-bond acceptors (Lipinski definition) is 5. The van der Waals surface area contributed by atoms with E-state index in [1.54, 1.807) is 7.11 Å². The molecule has 4 aromatic rings. The van der Waals surface area contributed by atoms with Crippen molar-refractivity contribution >= 4 is 17.0 Å². The van der Waals surface area contributed by atoms with Crippen LogP contribution in [0.1, 0.15) is 27.7 Å². The molecular weight excluding hydrogens is 356 g/mol. The molecule has 0 saturated heterocycles. The Labute approximate surface area is 160 Å². The number of carbonyl (C=O) groups is 1. The zero-order valence-corrected chi connectivity index (χ0v) is 15.2. The maximum absolute atomic E-state index is 12.6. The topological polar surface area (TPSA) is 93.0 Å². The maximum Gasteiger partial charge on any atom is 0.271 e. The lowest BCUT2D eigenvalue weighted by Crippen LogP contribution is -2.26. The van der Waals surface area contributed by atoms with E-state index in [4.69, 9.17) is 9.15 Å². The first kappa shape index (κ1) is 16.6. The Hall–Kier alpha value is -3.61. The number of aromatic nitrogens is 3. The average Bonchev–Trinajstić information content (AvgIpc) is 3.31. The first-order chi connectivity index (χ1) is 13.7. The van der Waals surface area contributed by atoms with Crippen molar-refractivity contribution in [2.45, 2.75) is 12.3 Å². The van der Waals surface area contributed by atoms with Gasteiger partial charge in [-0.1, -0.05) is 24.3 Å². The molecule has 1 amide bonds. The van der Waals surface area contributed by atoms with Crippen LogP contribution in [0.2, 0.25) is 0 Å². The van der Waals surface area contributed by atoms with Crippen LogP contribution < -0.4 is 10.1 Å². The number of ether oxygens (including phenoxy) is 1. The molecule has 0 aliphatic carbocycles. The van der Waals surface area contributed by atoms with E-state index in [0.717, 1.165) is 22.5 Å². The molecule has 2 N–H and O–H groups in total. The highest BCUT2D eigenvalue weighted by Gasteiger charge is 2.27. The van der Waals surface area contributed by atoms with E-state index in [-0.39, 0.29) is 11.8 Å². The molecule has 1 aliphatic rings. The van der Waals surface area contributed by atoms with Crippen LogP contribution in [0.3, 0.4) is 0 Å². The van der Waals surface area contributed by atoms with Gasteiger partial charge in [-0.05, 0) is 36.2 Å². The van der Waals surface area contributed by atoms with Crippen molar-refractivity contribution in [1.82, 2.24) is 20.3 Å². The Morgan fingerprint density at radius 3 is 2.89 bits per heavy atom. The quantitative estimate of drug-likeness (QED) is 0.574. The van der Waals surface area contributed by atoms with E-state index in [0.29, 0.717) is 36.0 Å². The number of rotatable bonds is 3. The molecule has 0 spiro atoms. The van der Waals surface area contributed by atoms with E-state index < -0.39 is 0 Å². The molecule has 3 heterocycles. The number of methoxy groups -OCH3 is 1. The van der Waals surface area contributed by atoms with E-state index in [1.807, 2.05) is 48.5 Å². The highest BCUT2D eigenvalue weighted by atomic mass is 16.5. The van der Waals surface area contributed by atoms with Crippen LogP contribution in [-0.2, 0) is 6.42 Å². The fourth-order valence-electron chi connectivity index (χ4n) is 3.57. The monoisotopic (exact) mass is 374 g/mol. The summed E-state index contributed by atoms with van der Waals surface area (Å²) in [6.45, 7) is 0.536. The van der Waals surface area contributed by atoms with Gasteiger partial charge in [0.15, 0.2) is 11.4 Å². The number of H-pyrrole nitrogens is 1. The number of nitrogens with zero attached hydrogens (tertiary/aromatic N) is 2. The van der Waals surface area contributed by atoms with Crippen molar-refractivity contribution < 1.29 is 13.9 Å². The smallest absolute Gasteiger partial charge is 0.271 e. The first-order valence-corrected chi connectivity index (χ1v) is 9.08. The van der Waals surface area contributed by atoms with Crippen LogP contribution in [-0.4, -0.2) is 34.5 Å². The number of fused-ring (bicyclic) bond motifs is 2. The standard InChI is InChI=1S/C21H18N4O3/c1-27-14-6-4-5-12(9-14)13-10-16-18(20(26)22-11-13)25-19(23-16)21-24-15-7-2-3-8-17(15)28-21/h2-9,13H,10-11H2,1H3,(H,22,26)(H,23,25)/t13-/m1/s1. The van der Waals surface area contributed by atoms with Crippen molar-refractivity contribution in [2.75, 3.05) is 13.7 Å². The summed E-state index contributed by atoms with van der Waals surface area (Å²) in [6.07, 6.45) is 0.647. The van der Waals surface area contributed by atoms with Gasteiger partial charge in [0.2, 0.25) is 0 Å². The first-order valence-electron chi connectivity index (χ1n) is 9.08. The summed E-state index contributed by atoms with van der Waals surface area (Å²) >= 11 is 0. The molecule has 2 aromatic carbocycles. The van der Waals surface area contributed by atoms with Gasteiger partial charge in [-0.2, -0.15) is 0 Å². The molecule has 0 saturated carbocycles. The minimum atomic E-state index is -0.195. The van der Waals surface area contributed by atoms with Crippen molar-refractivity contribution in [3.8, 4) is 17.5 Å². The van der Waals surface area contributed by atoms with E-state index in [1.165, 1.54) is 0 Å². The Kier molecular flexibility index (Phi) is 3.86. The number of benzene rings is 2. The van der Waals surface area contributed by atoms with Crippen LogP contribution in [0, 0.1) is 0 Å². The van der Waals surface area contributed by atoms with E-state index >= 15 is 0 Å². The van der Waals surface area contributed by atoms with Gasteiger partial charge in [-0.25, -0.2) is 9.97 Å². The molecule has 28 heavy (non-hydrogen) atoms. The highest BCUT2D eigenvalue weighted by Crippen LogP contribution is 2.29. The van der Waals surface area contributed by atoms with Crippen LogP contribution in [0.25, 0.3) is 22.8 Å². The molecule has 0 radical (unpaired) electrons. The number of para-hydroxylation sites is 2. The summed E-state index contributed by atoms with van der Waals surface area (Å²) in [4.78, 5) is 24.7. The van der Waals surface area contributed by atoms with Gasteiger partial charge in [0, 0.05) is 18.2 Å². The van der Waals surface area contributed by atoms with Crippen molar-refractivity contribution in [3.63, 3.8) is 0 Å². The third-order valence-corrected chi connectivity index (χ3v) is 5.02.